The van der Waals surface area contributed by atoms with E-state index in [1.54, 1.807) is 25.4 Å². The molecule has 118 valence electrons. The zero-order valence-corrected chi connectivity index (χ0v) is 13.6. The first-order chi connectivity index (χ1) is 10.6. The van der Waals surface area contributed by atoms with E-state index in [0.717, 1.165) is 18.8 Å². The molecule has 2 N–H and O–H groups in total. The van der Waals surface area contributed by atoms with E-state index in [9.17, 15) is 0 Å². The maximum absolute atomic E-state index is 6.09. The maximum Gasteiger partial charge on any atom is 0.244 e. The van der Waals surface area contributed by atoms with Crippen molar-refractivity contribution >= 4 is 29.1 Å². The average Bonchev–Trinajstić information content (AvgIpc) is 2.47. The summed E-state index contributed by atoms with van der Waals surface area (Å²) < 4.78 is 5.12. The van der Waals surface area contributed by atoms with E-state index >= 15 is 0 Å². The molecule has 8 heteroatoms. The molecule has 1 aromatic carbocycles. The lowest BCUT2D eigenvalue weighted by molar-refractivity contribution is 0.415. The van der Waals surface area contributed by atoms with Gasteiger partial charge in [0.05, 0.1) is 18.3 Å². The fourth-order valence-electron chi connectivity index (χ4n) is 1.72. The van der Waals surface area contributed by atoms with Crippen LogP contribution in [-0.4, -0.2) is 54.4 Å². The van der Waals surface area contributed by atoms with Crippen LogP contribution in [0.4, 0.5) is 17.5 Å². The summed E-state index contributed by atoms with van der Waals surface area (Å²) in [6.45, 7) is 1.63. The van der Waals surface area contributed by atoms with E-state index in [0.29, 0.717) is 22.5 Å². The number of halogens is 1. The van der Waals surface area contributed by atoms with Gasteiger partial charge in [0, 0.05) is 18.8 Å². The molecule has 22 heavy (non-hydrogen) atoms. The van der Waals surface area contributed by atoms with Crippen LogP contribution < -0.4 is 15.4 Å². The van der Waals surface area contributed by atoms with Gasteiger partial charge in [-0.2, -0.15) is 10.1 Å². The second kappa shape index (κ2) is 7.77. The van der Waals surface area contributed by atoms with Crippen LogP contribution in [0, 0.1) is 0 Å². The van der Waals surface area contributed by atoms with Gasteiger partial charge in [0.2, 0.25) is 5.95 Å². The second-order valence-corrected chi connectivity index (χ2v) is 5.28. The van der Waals surface area contributed by atoms with Crippen LogP contribution in [0.3, 0.4) is 0 Å². The van der Waals surface area contributed by atoms with Crippen LogP contribution in [0.1, 0.15) is 0 Å². The predicted octanol–water partition coefficient (Wildman–Crippen LogP) is 2.25. The molecule has 1 heterocycles. The highest BCUT2D eigenvalue weighted by molar-refractivity contribution is 6.32. The SMILES string of the molecule is COc1ccc(Nc2cnnc(NCCN(C)C)n2)cc1Cl. The molecule has 0 aliphatic carbocycles. The summed E-state index contributed by atoms with van der Waals surface area (Å²) in [7, 11) is 5.59. The molecule has 0 unspecified atom stereocenters. The largest absolute Gasteiger partial charge is 0.495 e. The first-order valence-electron chi connectivity index (χ1n) is 6.77. The first-order valence-corrected chi connectivity index (χ1v) is 7.15. The summed E-state index contributed by atoms with van der Waals surface area (Å²) in [4.78, 5) is 6.42. The maximum atomic E-state index is 6.09. The molecule has 0 bridgehead atoms. The molecule has 0 aliphatic heterocycles. The van der Waals surface area contributed by atoms with Crippen LogP contribution >= 0.6 is 11.6 Å². The molecule has 0 atom stereocenters. The van der Waals surface area contributed by atoms with E-state index in [1.165, 1.54) is 0 Å². The van der Waals surface area contributed by atoms with Crippen LogP contribution in [-0.2, 0) is 0 Å². The Morgan fingerprint density at radius 1 is 1.32 bits per heavy atom. The number of likely N-dealkylation sites (N-methyl/N-ethyl adjacent to an activating group) is 1. The number of methoxy groups -OCH3 is 1. The molecule has 2 rings (SSSR count). The van der Waals surface area contributed by atoms with Gasteiger partial charge in [-0.3, -0.25) is 0 Å². The Bertz CT molecular complexity index is 622. The smallest absolute Gasteiger partial charge is 0.244 e. The van der Waals surface area contributed by atoms with Crippen molar-refractivity contribution in [3.05, 3.63) is 29.4 Å². The van der Waals surface area contributed by atoms with Gasteiger partial charge < -0.3 is 20.3 Å². The van der Waals surface area contributed by atoms with Crippen LogP contribution in [0.15, 0.2) is 24.4 Å². The highest BCUT2D eigenvalue weighted by Gasteiger charge is 2.04. The summed E-state index contributed by atoms with van der Waals surface area (Å²) in [6, 6.07) is 5.41. The Kier molecular flexibility index (Phi) is 5.74. The van der Waals surface area contributed by atoms with Gasteiger partial charge in [-0.25, -0.2) is 0 Å². The van der Waals surface area contributed by atoms with Gasteiger partial charge in [-0.05, 0) is 32.3 Å². The number of anilines is 3. The molecule has 0 aliphatic rings. The number of hydrogen-bond acceptors (Lipinski definition) is 7. The average molecular weight is 323 g/mol. The highest BCUT2D eigenvalue weighted by Crippen LogP contribution is 2.28. The van der Waals surface area contributed by atoms with Gasteiger partial charge in [0.15, 0.2) is 5.82 Å². The lowest BCUT2D eigenvalue weighted by Gasteiger charge is -2.11. The van der Waals surface area contributed by atoms with E-state index < -0.39 is 0 Å². The molecule has 7 nitrogen and oxygen atoms in total. The van der Waals surface area contributed by atoms with Crippen molar-refractivity contribution in [2.45, 2.75) is 0 Å². The summed E-state index contributed by atoms with van der Waals surface area (Å²) in [5, 5.41) is 14.6. The second-order valence-electron chi connectivity index (χ2n) is 4.87. The van der Waals surface area contributed by atoms with E-state index in [1.807, 2.05) is 20.2 Å². The van der Waals surface area contributed by atoms with E-state index in [2.05, 4.69) is 30.7 Å². The summed E-state index contributed by atoms with van der Waals surface area (Å²) in [6.07, 6.45) is 1.55. The third-order valence-electron chi connectivity index (χ3n) is 2.83. The summed E-state index contributed by atoms with van der Waals surface area (Å²) in [5.74, 6) is 1.69. The van der Waals surface area contributed by atoms with Crippen molar-refractivity contribution in [2.75, 3.05) is 44.9 Å². The minimum absolute atomic E-state index is 0.478. The quantitative estimate of drug-likeness (QED) is 0.809. The number of nitrogens with zero attached hydrogens (tertiary/aromatic N) is 4. The Hall–Kier alpha value is -2.12. The Morgan fingerprint density at radius 3 is 2.82 bits per heavy atom. The van der Waals surface area contributed by atoms with Crippen molar-refractivity contribution in [3.63, 3.8) is 0 Å². The highest BCUT2D eigenvalue weighted by atomic mass is 35.5. The lowest BCUT2D eigenvalue weighted by atomic mass is 10.3. The fraction of sp³-hybridized carbons (Fsp3) is 0.357. The molecule has 0 fully saturated rings. The molecule has 0 saturated heterocycles. The topological polar surface area (TPSA) is 75.2 Å². The molecule has 1 aromatic heterocycles. The van der Waals surface area contributed by atoms with Crippen molar-refractivity contribution in [1.29, 1.82) is 0 Å². The molecular weight excluding hydrogens is 304 g/mol. The summed E-state index contributed by atoms with van der Waals surface area (Å²) >= 11 is 6.09. The molecule has 0 saturated carbocycles. The third-order valence-corrected chi connectivity index (χ3v) is 3.12. The Labute approximate surface area is 134 Å². The van der Waals surface area contributed by atoms with E-state index in [4.69, 9.17) is 16.3 Å². The van der Waals surface area contributed by atoms with Gasteiger partial charge in [0.25, 0.3) is 0 Å². The van der Waals surface area contributed by atoms with Gasteiger partial charge in [-0.1, -0.05) is 11.6 Å². The minimum Gasteiger partial charge on any atom is -0.495 e. The number of benzene rings is 1. The number of rotatable bonds is 7. The van der Waals surface area contributed by atoms with Crippen LogP contribution in [0.25, 0.3) is 0 Å². The third kappa shape index (κ3) is 4.71. The number of nitrogens with one attached hydrogen (secondary N) is 2. The zero-order chi connectivity index (χ0) is 15.9. The van der Waals surface area contributed by atoms with Gasteiger partial charge in [-0.15, -0.1) is 5.10 Å². The molecular formula is C14H19ClN6O. The minimum atomic E-state index is 0.478. The van der Waals surface area contributed by atoms with Crippen molar-refractivity contribution in [2.24, 2.45) is 0 Å². The van der Waals surface area contributed by atoms with Crippen molar-refractivity contribution in [3.8, 4) is 5.75 Å². The van der Waals surface area contributed by atoms with Gasteiger partial charge >= 0.3 is 0 Å². The Morgan fingerprint density at radius 2 is 2.14 bits per heavy atom. The monoisotopic (exact) mass is 322 g/mol. The Balaban J connectivity index is 2.02. The fourth-order valence-corrected chi connectivity index (χ4v) is 1.98. The zero-order valence-electron chi connectivity index (χ0n) is 12.8. The number of ether oxygens (including phenoxy) is 1. The van der Waals surface area contributed by atoms with Crippen LogP contribution in [0.2, 0.25) is 5.02 Å². The number of hydrogen-bond donors (Lipinski definition) is 2. The van der Waals surface area contributed by atoms with E-state index in [-0.39, 0.29) is 0 Å². The summed E-state index contributed by atoms with van der Waals surface area (Å²) in [5.41, 5.74) is 0.797. The van der Waals surface area contributed by atoms with Crippen molar-refractivity contribution in [1.82, 2.24) is 20.1 Å². The molecule has 2 aromatic rings. The predicted molar refractivity (Wildman–Crippen MR) is 88.2 cm³/mol. The standard InChI is InChI=1S/C14H19ClN6O/c1-21(2)7-6-16-14-19-13(9-17-20-14)18-10-4-5-12(22-3)11(15)8-10/h4-5,8-9H,6-7H2,1-3H3,(H2,16,18,19,20). The molecule has 0 spiro atoms. The van der Waals surface area contributed by atoms with Crippen LogP contribution in [0.5, 0.6) is 5.75 Å². The molecule has 0 amide bonds. The molecule has 0 radical (unpaired) electrons. The number of aromatic nitrogens is 3. The van der Waals surface area contributed by atoms with Crippen molar-refractivity contribution < 1.29 is 4.74 Å². The first kappa shape index (κ1) is 16.3. The lowest BCUT2D eigenvalue weighted by Crippen LogP contribution is -2.21. The normalized spacial score (nSPS) is 10.6. The van der Waals surface area contributed by atoms with Gasteiger partial charge in [0.1, 0.15) is 5.75 Å².